The van der Waals surface area contributed by atoms with Gasteiger partial charge in [-0.05, 0) is 6.07 Å². The first-order chi connectivity index (χ1) is 14.2. The normalized spacial score (nSPS) is 14.2. The van der Waals surface area contributed by atoms with Gasteiger partial charge in [-0.15, -0.1) is 13.2 Å². The number of hydrogen-bond acceptors (Lipinski definition) is 6. The maximum Gasteiger partial charge on any atom is 0.579 e. The van der Waals surface area contributed by atoms with Crippen molar-refractivity contribution in [2.45, 2.75) is 28.5 Å². The SMILES string of the molecule is CCS(=O)(=O)c1cc(C(F)(F)F)cnc1-c1nc2cc([S+]([O-])C(F)(F)F)ncc2n1C. The average Bonchev–Trinajstić information content (AvgIpc) is 3.01. The molecule has 0 saturated heterocycles. The van der Waals surface area contributed by atoms with E-state index in [1.54, 1.807) is 0 Å². The molecule has 3 rings (SSSR count). The topological polar surface area (TPSA) is 101 Å². The minimum Gasteiger partial charge on any atom is -0.603 e. The fourth-order valence-electron chi connectivity index (χ4n) is 2.66. The molecular weight excluding hydrogens is 474 g/mol. The third kappa shape index (κ3) is 4.34. The average molecular weight is 486 g/mol. The third-order valence-electron chi connectivity index (χ3n) is 4.25. The quantitative estimate of drug-likeness (QED) is 0.414. The van der Waals surface area contributed by atoms with E-state index in [4.69, 9.17) is 0 Å². The van der Waals surface area contributed by atoms with Crippen molar-refractivity contribution in [1.29, 1.82) is 0 Å². The molecule has 0 spiro atoms. The summed E-state index contributed by atoms with van der Waals surface area (Å²) < 4.78 is 115. The van der Waals surface area contributed by atoms with Crippen molar-refractivity contribution in [3.05, 3.63) is 30.1 Å². The minimum atomic E-state index is -5.06. The maximum atomic E-state index is 13.1. The van der Waals surface area contributed by atoms with Gasteiger partial charge in [0.15, 0.2) is 15.7 Å². The second kappa shape index (κ2) is 7.63. The number of pyridine rings is 2. The summed E-state index contributed by atoms with van der Waals surface area (Å²) >= 11 is -3.43. The van der Waals surface area contributed by atoms with E-state index in [2.05, 4.69) is 15.0 Å². The molecule has 0 aliphatic heterocycles. The Bertz CT molecular complexity index is 1250. The molecule has 1 atom stereocenters. The van der Waals surface area contributed by atoms with Gasteiger partial charge in [0.1, 0.15) is 16.9 Å². The zero-order valence-electron chi connectivity index (χ0n) is 15.6. The highest BCUT2D eigenvalue weighted by atomic mass is 32.2. The molecule has 0 saturated carbocycles. The molecule has 0 aliphatic rings. The first-order valence-corrected chi connectivity index (χ1v) is 11.1. The summed E-state index contributed by atoms with van der Waals surface area (Å²) in [5.41, 5.74) is -6.75. The molecule has 0 fully saturated rings. The lowest BCUT2D eigenvalue weighted by atomic mass is 10.2. The van der Waals surface area contributed by atoms with Crippen molar-refractivity contribution in [3.63, 3.8) is 0 Å². The molecular formula is C16H12F6N4O3S2. The number of fused-ring (bicyclic) bond motifs is 1. The van der Waals surface area contributed by atoms with Gasteiger partial charge in [-0.25, -0.2) is 18.4 Å². The molecule has 0 bridgehead atoms. The highest BCUT2D eigenvalue weighted by molar-refractivity contribution is 7.92. The number of hydrogen-bond donors (Lipinski definition) is 0. The van der Waals surface area contributed by atoms with Crippen LogP contribution in [0.25, 0.3) is 22.6 Å². The smallest absolute Gasteiger partial charge is 0.579 e. The van der Waals surface area contributed by atoms with Gasteiger partial charge >= 0.3 is 11.7 Å². The van der Waals surface area contributed by atoms with Crippen LogP contribution in [-0.2, 0) is 34.2 Å². The molecule has 0 aromatic carbocycles. The van der Waals surface area contributed by atoms with Crippen LogP contribution in [0.3, 0.4) is 0 Å². The van der Waals surface area contributed by atoms with Crippen LogP contribution < -0.4 is 0 Å². The zero-order chi connectivity index (χ0) is 23.4. The maximum absolute atomic E-state index is 13.1. The molecule has 15 heteroatoms. The summed E-state index contributed by atoms with van der Waals surface area (Å²) in [5.74, 6) is -0.740. The molecule has 3 aromatic heterocycles. The number of alkyl halides is 6. The van der Waals surface area contributed by atoms with Gasteiger partial charge in [-0.3, -0.25) is 4.98 Å². The van der Waals surface area contributed by atoms with Crippen molar-refractivity contribution in [3.8, 4) is 11.5 Å². The van der Waals surface area contributed by atoms with E-state index in [0.29, 0.717) is 12.3 Å². The van der Waals surface area contributed by atoms with Crippen LogP contribution in [0.5, 0.6) is 0 Å². The Balaban J connectivity index is 2.25. The monoisotopic (exact) mass is 486 g/mol. The number of nitrogens with zero attached hydrogens (tertiary/aromatic N) is 4. The Morgan fingerprint density at radius 1 is 1.10 bits per heavy atom. The van der Waals surface area contributed by atoms with E-state index >= 15 is 0 Å². The van der Waals surface area contributed by atoms with Crippen LogP contribution in [0.2, 0.25) is 0 Å². The second-order valence-corrected chi connectivity index (χ2v) is 9.86. The van der Waals surface area contributed by atoms with E-state index in [-0.39, 0.29) is 16.9 Å². The molecule has 1 unspecified atom stereocenters. The van der Waals surface area contributed by atoms with Crippen LogP contribution >= 0.6 is 0 Å². The Kier molecular flexibility index (Phi) is 5.73. The van der Waals surface area contributed by atoms with Crippen molar-refractivity contribution < 1.29 is 39.3 Å². The Morgan fingerprint density at radius 2 is 1.74 bits per heavy atom. The standard InChI is InChI=1S/C16H12F6N4O3S2/c1-3-31(28,29)11-4-8(15(17,18)19)6-24-13(11)14-25-9-5-12(30(27)16(20,21)22)23-7-10(9)26(14)2/h4-7H,3H2,1-2H3. The lowest BCUT2D eigenvalue weighted by molar-refractivity contribution is -0.138. The number of sulfone groups is 1. The van der Waals surface area contributed by atoms with Crippen molar-refractivity contribution in [1.82, 2.24) is 19.5 Å². The summed E-state index contributed by atoms with van der Waals surface area (Å²) in [6.07, 6.45) is -3.47. The fourth-order valence-corrected chi connectivity index (χ4v) is 4.32. The number of rotatable bonds is 4. The molecule has 0 aliphatic carbocycles. The zero-order valence-corrected chi connectivity index (χ0v) is 17.2. The van der Waals surface area contributed by atoms with Crippen molar-refractivity contribution in [2.24, 2.45) is 7.05 Å². The molecule has 0 radical (unpaired) electrons. The second-order valence-electron chi connectivity index (χ2n) is 6.19. The summed E-state index contributed by atoms with van der Waals surface area (Å²) in [7, 11) is -2.83. The Hall–Kier alpha value is -2.39. The Morgan fingerprint density at radius 3 is 2.29 bits per heavy atom. The van der Waals surface area contributed by atoms with E-state index in [1.165, 1.54) is 18.5 Å². The largest absolute Gasteiger partial charge is 0.603 e. The van der Waals surface area contributed by atoms with Crippen LogP contribution in [0.1, 0.15) is 12.5 Å². The highest BCUT2D eigenvalue weighted by Crippen LogP contribution is 2.35. The van der Waals surface area contributed by atoms with E-state index in [9.17, 15) is 39.3 Å². The van der Waals surface area contributed by atoms with Crippen LogP contribution in [0, 0.1) is 0 Å². The van der Waals surface area contributed by atoms with Crippen molar-refractivity contribution in [2.75, 3.05) is 5.75 Å². The van der Waals surface area contributed by atoms with E-state index in [1.807, 2.05) is 0 Å². The van der Waals surface area contributed by atoms with E-state index < -0.39 is 59.6 Å². The lowest BCUT2D eigenvalue weighted by Crippen LogP contribution is -2.24. The predicted octanol–water partition coefficient (Wildman–Crippen LogP) is 3.47. The number of aryl methyl sites for hydroxylation is 1. The molecule has 168 valence electrons. The number of aromatic nitrogens is 4. The van der Waals surface area contributed by atoms with Gasteiger partial charge in [-0.2, -0.15) is 13.2 Å². The van der Waals surface area contributed by atoms with Gasteiger partial charge < -0.3 is 9.12 Å². The van der Waals surface area contributed by atoms with E-state index in [0.717, 1.165) is 12.3 Å². The summed E-state index contributed by atoms with van der Waals surface area (Å²) in [6.45, 7) is 1.23. The van der Waals surface area contributed by atoms with Crippen molar-refractivity contribution >= 4 is 32.0 Å². The molecule has 7 nitrogen and oxygen atoms in total. The van der Waals surface area contributed by atoms with Gasteiger partial charge in [0.05, 0.1) is 33.4 Å². The number of imidazole rings is 1. The molecule has 3 aromatic rings. The van der Waals surface area contributed by atoms with Gasteiger partial charge in [0.2, 0.25) is 0 Å². The van der Waals surface area contributed by atoms with Crippen LogP contribution in [-0.4, -0.2) is 43.8 Å². The minimum absolute atomic E-state index is 0.123. The fraction of sp³-hybridized carbons (Fsp3) is 0.312. The van der Waals surface area contributed by atoms with Crippen LogP contribution in [0.4, 0.5) is 26.3 Å². The van der Waals surface area contributed by atoms with Gasteiger partial charge in [-0.1, -0.05) is 6.92 Å². The summed E-state index contributed by atoms with van der Waals surface area (Å²) in [4.78, 5) is 10.4. The first kappa shape index (κ1) is 23.3. The predicted molar refractivity (Wildman–Crippen MR) is 96.9 cm³/mol. The summed E-state index contributed by atoms with van der Waals surface area (Å²) in [6, 6.07) is 1.24. The summed E-state index contributed by atoms with van der Waals surface area (Å²) in [5, 5.41) is -0.827. The molecule has 31 heavy (non-hydrogen) atoms. The third-order valence-corrected chi connectivity index (χ3v) is 7.01. The Labute approximate surface area is 174 Å². The van der Waals surface area contributed by atoms with Gasteiger partial charge in [0.25, 0.3) is 5.03 Å². The van der Waals surface area contributed by atoms with Gasteiger partial charge in [0, 0.05) is 19.3 Å². The molecule has 0 N–H and O–H groups in total. The van der Waals surface area contributed by atoms with Crippen LogP contribution in [0.15, 0.2) is 34.4 Å². The molecule has 3 heterocycles. The first-order valence-electron chi connectivity index (χ1n) is 8.28. The number of halogens is 6. The highest BCUT2D eigenvalue weighted by Gasteiger charge is 2.47. The molecule has 0 amide bonds. The lowest BCUT2D eigenvalue weighted by Gasteiger charge is -2.12.